The highest BCUT2D eigenvalue weighted by Gasteiger charge is 2.22. The Labute approximate surface area is 182 Å². The van der Waals surface area contributed by atoms with Crippen LogP contribution in [0.5, 0.6) is 0 Å². The number of fused-ring (bicyclic) bond motifs is 1. The van der Waals surface area contributed by atoms with Crippen LogP contribution in [0, 0.1) is 0 Å². The van der Waals surface area contributed by atoms with E-state index < -0.39 is 11.8 Å². The molecule has 0 saturated carbocycles. The zero-order chi connectivity index (χ0) is 21.1. The SMILES string of the molecule is O=C(CNC(=O)c1sc2ccccc2c1Cl)Nc1ccccc1C(=O)N1CCCC1. The molecule has 1 aliphatic heterocycles. The van der Waals surface area contributed by atoms with Gasteiger partial charge in [0.25, 0.3) is 11.8 Å². The van der Waals surface area contributed by atoms with E-state index in [0.29, 0.717) is 21.2 Å². The van der Waals surface area contributed by atoms with E-state index in [0.717, 1.165) is 36.0 Å². The lowest BCUT2D eigenvalue weighted by Crippen LogP contribution is -2.33. The average molecular weight is 442 g/mol. The topological polar surface area (TPSA) is 78.5 Å². The van der Waals surface area contributed by atoms with Crippen LogP contribution in [-0.2, 0) is 4.79 Å². The summed E-state index contributed by atoms with van der Waals surface area (Å²) >= 11 is 7.60. The van der Waals surface area contributed by atoms with Crippen LogP contribution in [0.25, 0.3) is 10.1 Å². The number of nitrogens with one attached hydrogen (secondary N) is 2. The Kier molecular flexibility index (Phi) is 6.01. The Hall–Kier alpha value is -2.90. The smallest absolute Gasteiger partial charge is 0.263 e. The van der Waals surface area contributed by atoms with Gasteiger partial charge in [-0.1, -0.05) is 41.9 Å². The van der Waals surface area contributed by atoms with Gasteiger partial charge in [-0.3, -0.25) is 14.4 Å². The van der Waals surface area contributed by atoms with Gasteiger partial charge in [0.2, 0.25) is 5.91 Å². The third-order valence-electron chi connectivity index (χ3n) is 4.98. The molecule has 4 rings (SSSR count). The molecule has 6 nitrogen and oxygen atoms in total. The van der Waals surface area contributed by atoms with Gasteiger partial charge in [-0.2, -0.15) is 0 Å². The number of thiophene rings is 1. The summed E-state index contributed by atoms with van der Waals surface area (Å²) in [6, 6.07) is 14.4. The molecule has 2 heterocycles. The Balaban J connectivity index is 1.41. The van der Waals surface area contributed by atoms with Crippen molar-refractivity contribution < 1.29 is 14.4 Å². The molecule has 3 aromatic rings. The molecule has 1 aliphatic rings. The number of amides is 3. The monoisotopic (exact) mass is 441 g/mol. The van der Waals surface area contributed by atoms with E-state index in [-0.39, 0.29) is 12.5 Å². The number of halogens is 1. The van der Waals surface area contributed by atoms with Gasteiger partial charge in [0, 0.05) is 23.2 Å². The summed E-state index contributed by atoms with van der Waals surface area (Å²) in [7, 11) is 0. The van der Waals surface area contributed by atoms with Crippen LogP contribution in [0.1, 0.15) is 32.9 Å². The molecule has 30 heavy (non-hydrogen) atoms. The van der Waals surface area contributed by atoms with Crippen molar-refractivity contribution in [3.63, 3.8) is 0 Å². The quantitative estimate of drug-likeness (QED) is 0.624. The molecular formula is C22H20ClN3O3S. The Bertz CT molecular complexity index is 1120. The van der Waals surface area contributed by atoms with Crippen LogP contribution in [0.4, 0.5) is 5.69 Å². The molecule has 3 amide bonds. The van der Waals surface area contributed by atoms with Crippen molar-refractivity contribution in [1.29, 1.82) is 0 Å². The first-order valence-electron chi connectivity index (χ1n) is 9.68. The fourth-order valence-corrected chi connectivity index (χ4v) is 4.90. The van der Waals surface area contributed by atoms with Crippen LogP contribution in [-0.4, -0.2) is 42.3 Å². The summed E-state index contributed by atoms with van der Waals surface area (Å²) in [4.78, 5) is 39.8. The van der Waals surface area contributed by atoms with E-state index in [1.165, 1.54) is 11.3 Å². The molecule has 0 bridgehead atoms. The van der Waals surface area contributed by atoms with E-state index in [4.69, 9.17) is 11.6 Å². The molecule has 2 N–H and O–H groups in total. The zero-order valence-electron chi connectivity index (χ0n) is 16.1. The van der Waals surface area contributed by atoms with Crippen LogP contribution >= 0.6 is 22.9 Å². The first kappa shape index (κ1) is 20.4. The van der Waals surface area contributed by atoms with Crippen LogP contribution in [0.15, 0.2) is 48.5 Å². The van der Waals surface area contributed by atoms with Crippen molar-refractivity contribution >= 4 is 56.4 Å². The molecule has 0 atom stereocenters. The molecule has 0 spiro atoms. The fraction of sp³-hybridized carbons (Fsp3) is 0.227. The minimum absolute atomic E-state index is 0.0931. The Morgan fingerprint density at radius 1 is 1.00 bits per heavy atom. The van der Waals surface area contributed by atoms with E-state index in [2.05, 4.69) is 10.6 Å². The van der Waals surface area contributed by atoms with Crippen molar-refractivity contribution in [2.45, 2.75) is 12.8 Å². The highest BCUT2D eigenvalue weighted by Crippen LogP contribution is 2.34. The number of hydrogen-bond donors (Lipinski definition) is 2. The second-order valence-corrected chi connectivity index (χ2v) is 8.45. The van der Waals surface area contributed by atoms with Crippen molar-refractivity contribution in [1.82, 2.24) is 10.2 Å². The normalized spacial score (nSPS) is 13.4. The van der Waals surface area contributed by atoms with Crippen LogP contribution in [0.3, 0.4) is 0 Å². The van der Waals surface area contributed by atoms with Gasteiger partial charge in [0.1, 0.15) is 4.88 Å². The second kappa shape index (κ2) is 8.85. The molecule has 0 radical (unpaired) electrons. The number of carbonyl (C=O) groups excluding carboxylic acids is 3. The van der Waals surface area contributed by atoms with Gasteiger partial charge >= 0.3 is 0 Å². The van der Waals surface area contributed by atoms with Crippen molar-refractivity contribution in [3.05, 3.63) is 64.0 Å². The lowest BCUT2D eigenvalue weighted by Gasteiger charge is -2.18. The van der Waals surface area contributed by atoms with Gasteiger partial charge in [0.15, 0.2) is 0 Å². The van der Waals surface area contributed by atoms with E-state index in [1.807, 2.05) is 24.3 Å². The molecule has 2 aromatic carbocycles. The van der Waals surface area contributed by atoms with Gasteiger partial charge in [-0.15, -0.1) is 11.3 Å². The minimum Gasteiger partial charge on any atom is -0.342 e. The maximum absolute atomic E-state index is 12.7. The lowest BCUT2D eigenvalue weighted by molar-refractivity contribution is -0.115. The second-order valence-electron chi connectivity index (χ2n) is 7.02. The van der Waals surface area contributed by atoms with Crippen LogP contribution < -0.4 is 10.6 Å². The highest BCUT2D eigenvalue weighted by molar-refractivity contribution is 7.21. The average Bonchev–Trinajstić information content (AvgIpc) is 3.41. The summed E-state index contributed by atoms with van der Waals surface area (Å²) in [5.74, 6) is -0.912. The number of likely N-dealkylation sites (tertiary alicyclic amines) is 1. The standard InChI is InChI=1S/C22H20ClN3O3S/c23-19-15-8-2-4-10-17(15)30-20(19)21(28)24-13-18(27)25-16-9-3-1-7-14(16)22(29)26-11-5-6-12-26/h1-4,7-10H,5-6,11-13H2,(H,24,28)(H,25,27). The number of hydrogen-bond acceptors (Lipinski definition) is 4. The molecule has 154 valence electrons. The van der Waals surface area contributed by atoms with Crippen LogP contribution in [0.2, 0.25) is 5.02 Å². The Morgan fingerprint density at radius 2 is 1.70 bits per heavy atom. The highest BCUT2D eigenvalue weighted by atomic mass is 35.5. The van der Waals surface area contributed by atoms with Crippen molar-refractivity contribution in [3.8, 4) is 0 Å². The summed E-state index contributed by atoms with van der Waals surface area (Å²) in [5, 5.41) is 6.53. The number of nitrogens with zero attached hydrogens (tertiary/aromatic N) is 1. The van der Waals surface area contributed by atoms with E-state index in [1.54, 1.807) is 29.2 Å². The minimum atomic E-state index is -0.415. The summed E-state index contributed by atoms with van der Waals surface area (Å²) in [6.07, 6.45) is 1.99. The predicted octanol–water partition coefficient (Wildman–Crippen LogP) is 4.16. The predicted molar refractivity (Wildman–Crippen MR) is 119 cm³/mol. The van der Waals surface area contributed by atoms with Gasteiger partial charge in [0.05, 0.1) is 22.8 Å². The summed E-state index contributed by atoms with van der Waals surface area (Å²) < 4.78 is 0.909. The molecule has 0 aliphatic carbocycles. The van der Waals surface area contributed by atoms with Gasteiger partial charge in [-0.25, -0.2) is 0 Å². The maximum atomic E-state index is 12.7. The number of anilines is 1. The zero-order valence-corrected chi connectivity index (χ0v) is 17.7. The first-order valence-corrected chi connectivity index (χ1v) is 10.9. The molecule has 1 aromatic heterocycles. The molecule has 0 unspecified atom stereocenters. The fourth-order valence-electron chi connectivity index (χ4n) is 3.46. The maximum Gasteiger partial charge on any atom is 0.263 e. The van der Waals surface area contributed by atoms with Crippen molar-refractivity contribution in [2.24, 2.45) is 0 Å². The number of carbonyl (C=O) groups is 3. The first-order chi connectivity index (χ1) is 14.5. The van der Waals surface area contributed by atoms with Crippen molar-refractivity contribution in [2.75, 3.05) is 25.0 Å². The molecule has 8 heteroatoms. The number of rotatable bonds is 5. The van der Waals surface area contributed by atoms with E-state index >= 15 is 0 Å². The van der Waals surface area contributed by atoms with Gasteiger partial charge in [-0.05, 0) is 31.0 Å². The largest absolute Gasteiger partial charge is 0.342 e. The third kappa shape index (κ3) is 4.17. The number of para-hydroxylation sites is 1. The number of benzene rings is 2. The van der Waals surface area contributed by atoms with E-state index in [9.17, 15) is 14.4 Å². The molecular weight excluding hydrogens is 422 g/mol. The Morgan fingerprint density at radius 3 is 2.47 bits per heavy atom. The van der Waals surface area contributed by atoms with Gasteiger partial charge < -0.3 is 15.5 Å². The summed E-state index contributed by atoms with van der Waals surface area (Å²) in [6.45, 7) is 1.23. The third-order valence-corrected chi connectivity index (χ3v) is 6.65. The lowest BCUT2D eigenvalue weighted by atomic mass is 10.1. The molecule has 1 fully saturated rings. The summed E-state index contributed by atoms with van der Waals surface area (Å²) in [5.41, 5.74) is 0.889. The molecule has 1 saturated heterocycles.